The summed E-state index contributed by atoms with van der Waals surface area (Å²) in [5.41, 5.74) is 2.85. The van der Waals surface area contributed by atoms with Crippen LogP contribution in [0, 0.1) is 5.92 Å². The third-order valence-electron chi connectivity index (χ3n) is 6.17. The molecule has 2 aliphatic heterocycles. The van der Waals surface area contributed by atoms with Crippen molar-refractivity contribution in [3.63, 3.8) is 0 Å². The maximum atomic E-state index is 4.01. The van der Waals surface area contributed by atoms with Crippen molar-refractivity contribution in [3.05, 3.63) is 96.6 Å². The first-order valence-electron chi connectivity index (χ1n) is 10.7. The van der Waals surface area contributed by atoms with Gasteiger partial charge in [-0.05, 0) is 48.3 Å². The van der Waals surface area contributed by atoms with Crippen LogP contribution in [0.25, 0.3) is 0 Å². The molecule has 2 aromatic rings. The molecule has 0 spiro atoms. The first-order valence-corrected chi connectivity index (χ1v) is 12.6. The van der Waals surface area contributed by atoms with Crippen LogP contribution in [-0.4, -0.2) is 28.5 Å². The van der Waals surface area contributed by atoms with E-state index >= 15 is 0 Å². The van der Waals surface area contributed by atoms with Gasteiger partial charge >= 0.3 is 0 Å². The average molecular weight is 422 g/mol. The molecule has 0 unspecified atom stereocenters. The van der Waals surface area contributed by atoms with E-state index in [1.54, 1.807) is 0 Å². The van der Waals surface area contributed by atoms with Crippen molar-refractivity contribution in [1.82, 2.24) is 4.90 Å². The Labute approximate surface area is 184 Å². The second-order valence-corrected chi connectivity index (χ2v) is 10.9. The fourth-order valence-electron chi connectivity index (χ4n) is 4.59. The van der Waals surface area contributed by atoms with Crippen molar-refractivity contribution in [2.45, 2.75) is 42.5 Å². The topological polar surface area (TPSA) is 3.24 Å². The van der Waals surface area contributed by atoms with Crippen LogP contribution in [0.4, 0.5) is 0 Å². The largest absolute Gasteiger partial charge is 0.287 e. The molecule has 1 nitrogen and oxygen atoms in total. The summed E-state index contributed by atoms with van der Waals surface area (Å²) in [6.45, 7) is 7.40. The SMILES string of the molecule is C=CC[C@@H]1C=C[C@@H](C2(c3ccccc3)SCCCS2)N(Cc2ccccc2)[C@H]1C. The van der Waals surface area contributed by atoms with Crippen LogP contribution in [0.15, 0.2) is 85.5 Å². The molecule has 4 rings (SSSR count). The van der Waals surface area contributed by atoms with Crippen LogP contribution in [0.1, 0.15) is 30.9 Å². The van der Waals surface area contributed by atoms with E-state index in [9.17, 15) is 0 Å². The lowest BCUT2D eigenvalue weighted by Gasteiger charge is -2.51. The van der Waals surface area contributed by atoms with Crippen LogP contribution in [0.5, 0.6) is 0 Å². The normalized spacial score (nSPS) is 26.9. The minimum Gasteiger partial charge on any atom is -0.287 e. The number of rotatable bonds is 6. The second kappa shape index (κ2) is 9.59. The number of allylic oxidation sites excluding steroid dienone is 1. The quantitative estimate of drug-likeness (QED) is 0.476. The summed E-state index contributed by atoms with van der Waals surface area (Å²) in [6.07, 6.45) is 9.39. The van der Waals surface area contributed by atoms with Crippen molar-refractivity contribution in [2.24, 2.45) is 5.92 Å². The highest BCUT2D eigenvalue weighted by Gasteiger charge is 2.47. The standard InChI is InChI=1S/C26H31NS2/c1-3-11-23-16-17-25(27(21(23)2)20-22-12-6-4-7-13-22)26(28-18-10-19-29-26)24-14-8-5-9-15-24/h3-9,12-17,21,23,25H,1,10-11,18-20H2,2H3/t21-,23+,25-/m0/s1. The van der Waals surface area contributed by atoms with Gasteiger partial charge in [-0.15, -0.1) is 30.1 Å². The van der Waals surface area contributed by atoms with Crippen LogP contribution >= 0.6 is 23.5 Å². The van der Waals surface area contributed by atoms with E-state index in [1.807, 2.05) is 0 Å². The van der Waals surface area contributed by atoms with Crippen molar-refractivity contribution in [1.29, 1.82) is 0 Å². The first kappa shape index (κ1) is 20.8. The Morgan fingerprint density at radius 3 is 2.31 bits per heavy atom. The van der Waals surface area contributed by atoms with Crippen molar-refractivity contribution in [2.75, 3.05) is 11.5 Å². The molecular formula is C26H31NS2. The first-order chi connectivity index (χ1) is 14.2. The van der Waals surface area contributed by atoms with Crippen molar-refractivity contribution in [3.8, 4) is 0 Å². The Kier molecular flexibility index (Phi) is 6.89. The second-order valence-electron chi connectivity index (χ2n) is 8.00. The maximum Gasteiger partial charge on any atom is 0.105 e. The van der Waals surface area contributed by atoms with E-state index in [4.69, 9.17) is 0 Å². The van der Waals surface area contributed by atoms with E-state index in [-0.39, 0.29) is 4.08 Å². The molecule has 0 aromatic heterocycles. The summed E-state index contributed by atoms with van der Waals surface area (Å²) >= 11 is 4.30. The summed E-state index contributed by atoms with van der Waals surface area (Å²) in [7, 11) is 0. The molecule has 0 bridgehead atoms. The predicted molar refractivity (Wildman–Crippen MR) is 130 cm³/mol. The summed E-state index contributed by atoms with van der Waals surface area (Å²) in [5.74, 6) is 2.99. The van der Waals surface area contributed by atoms with Crippen LogP contribution in [-0.2, 0) is 10.6 Å². The summed E-state index contributed by atoms with van der Waals surface area (Å²) in [6, 6.07) is 23.0. The predicted octanol–water partition coefficient (Wildman–Crippen LogP) is 6.73. The maximum absolute atomic E-state index is 4.01. The smallest absolute Gasteiger partial charge is 0.105 e. The number of hydrogen-bond acceptors (Lipinski definition) is 3. The molecule has 2 heterocycles. The van der Waals surface area contributed by atoms with Crippen LogP contribution < -0.4 is 0 Å². The molecular weight excluding hydrogens is 390 g/mol. The molecule has 0 aliphatic carbocycles. The minimum absolute atomic E-state index is 0.0538. The van der Waals surface area contributed by atoms with E-state index in [2.05, 4.69) is 121 Å². The zero-order chi connectivity index (χ0) is 20.1. The number of benzene rings is 2. The Balaban J connectivity index is 1.76. The summed E-state index contributed by atoms with van der Waals surface area (Å²) in [4.78, 5) is 2.75. The molecule has 152 valence electrons. The molecule has 3 heteroatoms. The van der Waals surface area contributed by atoms with E-state index < -0.39 is 0 Å². The van der Waals surface area contributed by atoms with Gasteiger partial charge in [-0.2, -0.15) is 0 Å². The Bertz CT molecular complexity index is 811. The Morgan fingerprint density at radius 1 is 1.00 bits per heavy atom. The monoisotopic (exact) mass is 421 g/mol. The highest BCUT2D eigenvalue weighted by Crippen LogP contribution is 2.55. The van der Waals surface area contributed by atoms with E-state index in [0.717, 1.165) is 13.0 Å². The Hall–Kier alpha value is -1.42. The van der Waals surface area contributed by atoms with Gasteiger partial charge in [-0.1, -0.05) is 78.9 Å². The van der Waals surface area contributed by atoms with Gasteiger partial charge in [0.25, 0.3) is 0 Å². The lowest BCUT2D eigenvalue weighted by Crippen LogP contribution is -2.54. The molecule has 1 saturated heterocycles. The van der Waals surface area contributed by atoms with E-state index in [1.165, 1.54) is 29.1 Å². The van der Waals surface area contributed by atoms with Gasteiger partial charge in [0, 0.05) is 12.6 Å². The third kappa shape index (κ3) is 4.38. The van der Waals surface area contributed by atoms with E-state index in [0.29, 0.717) is 18.0 Å². The highest BCUT2D eigenvalue weighted by atomic mass is 32.2. The van der Waals surface area contributed by atoms with Crippen molar-refractivity contribution < 1.29 is 0 Å². The van der Waals surface area contributed by atoms with Crippen LogP contribution in [0.3, 0.4) is 0 Å². The fourth-order valence-corrected chi connectivity index (χ4v) is 8.17. The lowest BCUT2D eigenvalue weighted by molar-refractivity contribution is 0.110. The molecule has 3 atom stereocenters. The summed E-state index contributed by atoms with van der Waals surface area (Å²) in [5, 5.41) is 0. The van der Waals surface area contributed by atoms with Gasteiger partial charge in [-0.3, -0.25) is 4.90 Å². The summed E-state index contributed by atoms with van der Waals surface area (Å²) < 4.78 is 0.0538. The van der Waals surface area contributed by atoms with Gasteiger partial charge in [0.05, 0.1) is 6.04 Å². The van der Waals surface area contributed by atoms with Gasteiger partial charge in [0.1, 0.15) is 4.08 Å². The molecule has 0 radical (unpaired) electrons. The van der Waals surface area contributed by atoms with Gasteiger partial charge < -0.3 is 0 Å². The number of hydrogen-bond donors (Lipinski definition) is 0. The molecule has 1 fully saturated rings. The zero-order valence-electron chi connectivity index (χ0n) is 17.2. The molecule has 2 aliphatic rings. The lowest BCUT2D eigenvalue weighted by atomic mass is 9.87. The van der Waals surface area contributed by atoms with Gasteiger partial charge in [0.15, 0.2) is 0 Å². The van der Waals surface area contributed by atoms with Gasteiger partial charge in [-0.25, -0.2) is 0 Å². The van der Waals surface area contributed by atoms with Crippen molar-refractivity contribution >= 4 is 23.5 Å². The molecule has 2 aromatic carbocycles. The molecule has 0 saturated carbocycles. The number of nitrogens with zero attached hydrogens (tertiary/aromatic N) is 1. The minimum atomic E-state index is 0.0538. The highest BCUT2D eigenvalue weighted by molar-refractivity contribution is 8.18. The molecule has 0 amide bonds. The Morgan fingerprint density at radius 2 is 1.66 bits per heavy atom. The number of thioether (sulfide) groups is 2. The molecule has 0 N–H and O–H groups in total. The third-order valence-corrected chi connectivity index (χ3v) is 9.68. The average Bonchev–Trinajstić information content (AvgIpc) is 2.78. The van der Waals surface area contributed by atoms with Crippen LogP contribution in [0.2, 0.25) is 0 Å². The zero-order valence-corrected chi connectivity index (χ0v) is 18.9. The van der Waals surface area contributed by atoms with Gasteiger partial charge in [0.2, 0.25) is 0 Å². The molecule has 29 heavy (non-hydrogen) atoms. The fraction of sp³-hybridized carbons (Fsp3) is 0.385.